The van der Waals surface area contributed by atoms with Crippen LogP contribution in [0.3, 0.4) is 0 Å². The highest BCUT2D eigenvalue weighted by Crippen LogP contribution is 2.17. The van der Waals surface area contributed by atoms with Gasteiger partial charge in [-0.25, -0.2) is 17.8 Å². The topological polar surface area (TPSA) is 81.8 Å². The van der Waals surface area contributed by atoms with Gasteiger partial charge in [0, 0.05) is 32.5 Å². The molecular formula is C9H12BrN5O2S. The maximum atomic E-state index is 12.0. The molecule has 2 heterocycles. The van der Waals surface area contributed by atoms with Crippen LogP contribution >= 0.6 is 15.9 Å². The van der Waals surface area contributed by atoms with E-state index in [1.165, 1.54) is 11.7 Å². The summed E-state index contributed by atoms with van der Waals surface area (Å²) in [6.45, 7) is 0.865. The molecule has 0 spiro atoms. The Kier molecular flexibility index (Phi) is 3.83. The van der Waals surface area contributed by atoms with Crippen molar-refractivity contribution in [3.63, 3.8) is 0 Å². The minimum absolute atomic E-state index is 0.0232. The van der Waals surface area contributed by atoms with E-state index in [9.17, 15) is 8.42 Å². The van der Waals surface area contributed by atoms with Crippen molar-refractivity contribution in [3.05, 3.63) is 29.1 Å². The van der Waals surface area contributed by atoms with E-state index >= 15 is 0 Å². The van der Waals surface area contributed by atoms with Crippen LogP contribution in [-0.2, 0) is 23.6 Å². The standard InChI is InChI=1S/C9H12BrN5O2S/c1-14-9(8(10)12-13-14)18(16,17)11-4-7-15-5-2-3-6-15/h2-3,5-6,11H,4,7H2,1H3. The number of sulfonamides is 1. The third-order valence-electron chi connectivity index (χ3n) is 2.32. The Bertz CT molecular complexity index is 600. The molecular weight excluding hydrogens is 322 g/mol. The Morgan fingerprint density at radius 3 is 2.61 bits per heavy atom. The molecule has 0 aliphatic rings. The normalized spacial score (nSPS) is 11.9. The van der Waals surface area contributed by atoms with Crippen LogP contribution in [0.1, 0.15) is 0 Å². The van der Waals surface area contributed by atoms with E-state index in [0.717, 1.165) is 0 Å². The molecule has 0 saturated heterocycles. The summed E-state index contributed by atoms with van der Waals surface area (Å²) < 4.78 is 29.8. The number of rotatable bonds is 5. The number of aryl methyl sites for hydroxylation is 1. The first-order valence-corrected chi connectivity index (χ1v) is 7.44. The third-order valence-corrected chi connectivity index (χ3v) is 4.67. The summed E-state index contributed by atoms with van der Waals surface area (Å²) in [7, 11) is -2.08. The monoisotopic (exact) mass is 333 g/mol. The first kappa shape index (κ1) is 13.2. The van der Waals surface area contributed by atoms with Crippen molar-refractivity contribution in [2.45, 2.75) is 11.6 Å². The van der Waals surface area contributed by atoms with E-state index in [4.69, 9.17) is 0 Å². The van der Waals surface area contributed by atoms with Gasteiger partial charge in [-0.05, 0) is 28.1 Å². The minimum atomic E-state index is -3.60. The fourth-order valence-corrected chi connectivity index (χ4v) is 3.62. The van der Waals surface area contributed by atoms with Crippen LogP contribution in [0.25, 0.3) is 0 Å². The molecule has 0 atom stereocenters. The van der Waals surface area contributed by atoms with Gasteiger partial charge in [0.1, 0.15) is 0 Å². The molecule has 0 saturated carbocycles. The van der Waals surface area contributed by atoms with Crippen LogP contribution in [0.4, 0.5) is 0 Å². The molecule has 0 fully saturated rings. The van der Waals surface area contributed by atoms with Gasteiger partial charge in [-0.2, -0.15) is 0 Å². The van der Waals surface area contributed by atoms with Crippen molar-refractivity contribution in [2.75, 3.05) is 6.54 Å². The summed E-state index contributed by atoms with van der Waals surface area (Å²) in [6.07, 6.45) is 3.74. The van der Waals surface area contributed by atoms with Crippen molar-refractivity contribution in [1.29, 1.82) is 0 Å². The molecule has 0 aliphatic heterocycles. The Labute approximate surface area is 113 Å². The molecule has 0 bridgehead atoms. The number of nitrogens with zero attached hydrogens (tertiary/aromatic N) is 4. The first-order chi connectivity index (χ1) is 8.50. The van der Waals surface area contributed by atoms with Gasteiger partial charge in [0.25, 0.3) is 10.0 Å². The summed E-state index contributed by atoms with van der Waals surface area (Å²) in [6, 6.07) is 3.77. The maximum absolute atomic E-state index is 12.0. The van der Waals surface area contributed by atoms with Gasteiger partial charge >= 0.3 is 0 Å². The van der Waals surface area contributed by atoms with Gasteiger partial charge < -0.3 is 4.57 Å². The van der Waals surface area contributed by atoms with Crippen LogP contribution in [0.2, 0.25) is 0 Å². The molecule has 0 amide bonds. The van der Waals surface area contributed by atoms with E-state index in [1.54, 1.807) is 0 Å². The van der Waals surface area contributed by atoms with Gasteiger partial charge in [0.05, 0.1) is 0 Å². The molecule has 0 radical (unpaired) electrons. The van der Waals surface area contributed by atoms with Crippen molar-refractivity contribution in [2.24, 2.45) is 7.05 Å². The number of hydrogen-bond acceptors (Lipinski definition) is 4. The van der Waals surface area contributed by atoms with Crippen LogP contribution in [0, 0.1) is 0 Å². The summed E-state index contributed by atoms with van der Waals surface area (Å²) in [4.78, 5) is 0. The lowest BCUT2D eigenvalue weighted by Crippen LogP contribution is -2.29. The number of nitrogens with one attached hydrogen (secondary N) is 1. The lowest BCUT2D eigenvalue weighted by Gasteiger charge is -2.07. The zero-order valence-electron chi connectivity index (χ0n) is 9.62. The van der Waals surface area contributed by atoms with E-state index < -0.39 is 10.0 Å². The molecule has 0 aliphatic carbocycles. The van der Waals surface area contributed by atoms with Crippen LogP contribution in [0.5, 0.6) is 0 Å². The molecule has 0 aromatic carbocycles. The predicted molar refractivity (Wildman–Crippen MR) is 68.3 cm³/mol. The summed E-state index contributed by atoms with van der Waals surface area (Å²) in [5.41, 5.74) is 0. The Hall–Kier alpha value is -1.19. The first-order valence-electron chi connectivity index (χ1n) is 5.16. The number of halogens is 1. The molecule has 18 heavy (non-hydrogen) atoms. The quantitative estimate of drug-likeness (QED) is 0.856. The zero-order valence-corrected chi connectivity index (χ0v) is 12.0. The highest BCUT2D eigenvalue weighted by atomic mass is 79.9. The van der Waals surface area contributed by atoms with Crippen molar-refractivity contribution in [3.8, 4) is 0 Å². The van der Waals surface area contributed by atoms with Gasteiger partial charge in [0.2, 0.25) is 5.03 Å². The average Bonchev–Trinajstić information content (AvgIpc) is 2.89. The zero-order chi connectivity index (χ0) is 13.2. The molecule has 2 aromatic rings. The van der Waals surface area contributed by atoms with Gasteiger partial charge in [-0.1, -0.05) is 5.21 Å². The van der Waals surface area contributed by atoms with Crippen molar-refractivity contribution in [1.82, 2.24) is 24.3 Å². The van der Waals surface area contributed by atoms with Gasteiger partial charge in [-0.15, -0.1) is 5.10 Å². The fraction of sp³-hybridized carbons (Fsp3) is 0.333. The largest absolute Gasteiger partial charge is 0.353 e. The molecule has 0 unspecified atom stereocenters. The third kappa shape index (κ3) is 2.79. The predicted octanol–water partition coefficient (Wildman–Crippen LogP) is 0.358. The fourth-order valence-electron chi connectivity index (χ4n) is 1.50. The van der Waals surface area contributed by atoms with Crippen LogP contribution in [0.15, 0.2) is 34.2 Å². The second-order valence-corrected chi connectivity index (χ2v) is 6.06. The van der Waals surface area contributed by atoms with E-state index in [0.29, 0.717) is 13.1 Å². The Morgan fingerprint density at radius 1 is 1.39 bits per heavy atom. The summed E-state index contributed by atoms with van der Waals surface area (Å²) in [5, 5.41) is 7.30. The van der Waals surface area contributed by atoms with E-state index in [2.05, 4.69) is 31.0 Å². The highest BCUT2D eigenvalue weighted by Gasteiger charge is 2.23. The lowest BCUT2D eigenvalue weighted by molar-refractivity contribution is 0.554. The number of aromatic nitrogens is 4. The van der Waals surface area contributed by atoms with Crippen LogP contribution < -0.4 is 4.72 Å². The van der Waals surface area contributed by atoms with Gasteiger partial charge in [-0.3, -0.25) is 0 Å². The second kappa shape index (κ2) is 5.21. The van der Waals surface area contributed by atoms with Gasteiger partial charge in [0.15, 0.2) is 4.60 Å². The van der Waals surface area contributed by atoms with E-state index in [1.807, 2.05) is 29.1 Å². The smallest absolute Gasteiger partial charge is 0.260 e. The molecule has 98 valence electrons. The molecule has 7 nitrogen and oxygen atoms in total. The molecule has 9 heteroatoms. The SMILES string of the molecule is Cn1nnc(Br)c1S(=O)(=O)NCCn1cccc1. The maximum Gasteiger partial charge on any atom is 0.260 e. The van der Waals surface area contributed by atoms with Crippen molar-refractivity contribution < 1.29 is 8.42 Å². The molecule has 2 rings (SSSR count). The van der Waals surface area contributed by atoms with Crippen LogP contribution in [-0.4, -0.2) is 34.5 Å². The summed E-state index contributed by atoms with van der Waals surface area (Å²) in [5.74, 6) is 0. The second-order valence-electron chi connectivity index (χ2n) is 3.63. The minimum Gasteiger partial charge on any atom is -0.353 e. The molecule has 1 N–H and O–H groups in total. The Balaban J connectivity index is 2.04. The lowest BCUT2D eigenvalue weighted by atomic mass is 10.6. The van der Waals surface area contributed by atoms with Crippen molar-refractivity contribution >= 4 is 26.0 Å². The highest BCUT2D eigenvalue weighted by molar-refractivity contribution is 9.10. The molecule has 2 aromatic heterocycles. The number of hydrogen-bond donors (Lipinski definition) is 1. The Morgan fingerprint density at radius 2 is 2.06 bits per heavy atom. The average molecular weight is 334 g/mol. The van der Waals surface area contributed by atoms with E-state index in [-0.39, 0.29) is 9.63 Å². The summed E-state index contributed by atoms with van der Waals surface area (Å²) >= 11 is 3.06.